The SMILES string of the molecule is CCN(CCCC(N)=S)CCOC. The molecule has 13 heavy (non-hydrogen) atoms. The van der Waals surface area contributed by atoms with Crippen molar-refractivity contribution in [3.05, 3.63) is 0 Å². The third kappa shape index (κ3) is 8.15. The van der Waals surface area contributed by atoms with Gasteiger partial charge in [0, 0.05) is 13.7 Å². The number of nitrogens with two attached hydrogens (primary N) is 1. The Hall–Kier alpha value is -0.190. The van der Waals surface area contributed by atoms with Crippen molar-refractivity contribution in [3.63, 3.8) is 0 Å². The molecule has 0 amide bonds. The Morgan fingerprint density at radius 1 is 1.46 bits per heavy atom. The molecule has 0 aromatic carbocycles. The number of methoxy groups -OCH3 is 1. The summed E-state index contributed by atoms with van der Waals surface area (Å²) in [5.41, 5.74) is 5.41. The number of rotatable bonds is 8. The van der Waals surface area contributed by atoms with Crippen molar-refractivity contribution in [3.8, 4) is 0 Å². The molecule has 3 nitrogen and oxygen atoms in total. The first-order valence-electron chi connectivity index (χ1n) is 4.70. The van der Waals surface area contributed by atoms with E-state index in [-0.39, 0.29) is 0 Å². The summed E-state index contributed by atoms with van der Waals surface area (Å²) in [5, 5.41) is 0. The van der Waals surface area contributed by atoms with Crippen molar-refractivity contribution < 1.29 is 4.74 Å². The Kier molecular flexibility index (Phi) is 8.29. The van der Waals surface area contributed by atoms with Gasteiger partial charge in [-0.15, -0.1) is 0 Å². The Balaban J connectivity index is 3.41. The molecule has 0 saturated carbocycles. The second kappa shape index (κ2) is 8.41. The minimum atomic E-state index is 0.614. The number of nitrogens with zero attached hydrogens (tertiary/aromatic N) is 1. The van der Waals surface area contributed by atoms with Gasteiger partial charge in [0.25, 0.3) is 0 Å². The largest absolute Gasteiger partial charge is 0.393 e. The van der Waals surface area contributed by atoms with Crippen molar-refractivity contribution in [2.45, 2.75) is 19.8 Å². The molecule has 0 heterocycles. The summed E-state index contributed by atoms with van der Waals surface area (Å²) >= 11 is 4.81. The van der Waals surface area contributed by atoms with Crippen LogP contribution in [0.3, 0.4) is 0 Å². The Morgan fingerprint density at radius 3 is 2.62 bits per heavy atom. The van der Waals surface area contributed by atoms with E-state index in [9.17, 15) is 0 Å². The second-order valence-electron chi connectivity index (χ2n) is 3.00. The van der Waals surface area contributed by atoms with Crippen LogP contribution in [-0.2, 0) is 4.74 Å². The molecule has 0 fully saturated rings. The molecule has 0 aromatic heterocycles. The third-order valence-electron chi connectivity index (χ3n) is 1.96. The van der Waals surface area contributed by atoms with Crippen molar-refractivity contribution in [1.82, 2.24) is 4.90 Å². The first-order chi connectivity index (χ1) is 6.20. The van der Waals surface area contributed by atoms with Crippen molar-refractivity contribution in [1.29, 1.82) is 0 Å². The number of ether oxygens (including phenoxy) is 1. The van der Waals surface area contributed by atoms with E-state index in [0.717, 1.165) is 39.1 Å². The van der Waals surface area contributed by atoms with Crippen LogP contribution in [0.15, 0.2) is 0 Å². The molecule has 0 aliphatic heterocycles. The summed E-state index contributed by atoms with van der Waals surface area (Å²) in [7, 11) is 1.73. The van der Waals surface area contributed by atoms with Crippen LogP contribution < -0.4 is 5.73 Å². The van der Waals surface area contributed by atoms with Gasteiger partial charge in [-0.25, -0.2) is 0 Å². The lowest BCUT2D eigenvalue weighted by molar-refractivity contribution is 0.150. The molecule has 4 heteroatoms. The normalized spacial score (nSPS) is 10.7. The van der Waals surface area contributed by atoms with E-state index in [2.05, 4.69) is 11.8 Å². The lowest BCUT2D eigenvalue weighted by Crippen LogP contribution is -2.28. The number of hydrogen-bond acceptors (Lipinski definition) is 3. The molecular formula is C9H20N2OS. The van der Waals surface area contributed by atoms with E-state index in [4.69, 9.17) is 22.7 Å². The van der Waals surface area contributed by atoms with Gasteiger partial charge in [-0.1, -0.05) is 19.1 Å². The lowest BCUT2D eigenvalue weighted by Gasteiger charge is -2.19. The topological polar surface area (TPSA) is 38.5 Å². The summed E-state index contributed by atoms with van der Waals surface area (Å²) < 4.78 is 5.01. The Labute approximate surface area is 86.2 Å². The summed E-state index contributed by atoms with van der Waals surface area (Å²) in [6, 6.07) is 0. The molecule has 0 aromatic rings. The number of thiocarbonyl (C=S) groups is 1. The molecule has 0 saturated heterocycles. The standard InChI is InChI=1S/C9H20N2OS/c1-3-11(7-8-12-2)6-4-5-9(10)13/h3-8H2,1-2H3,(H2,10,13). The summed E-state index contributed by atoms with van der Waals surface area (Å²) in [6.07, 6.45) is 1.89. The zero-order valence-electron chi connectivity index (χ0n) is 8.58. The van der Waals surface area contributed by atoms with E-state index in [1.807, 2.05) is 0 Å². The van der Waals surface area contributed by atoms with Gasteiger partial charge in [0.2, 0.25) is 0 Å². The van der Waals surface area contributed by atoms with Gasteiger partial charge in [-0.2, -0.15) is 0 Å². The zero-order chi connectivity index (χ0) is 10.1. The lowest BCUT2D eigenvalue weighted by atomic mass is 10.3. The third-order valence-corrected chi connectivity index (χ3v) is 2.16. The van der Waals surface area contributed by atoms with Crippen LogP contribution in [0.2, 0.25) is 0 Å². The van der Waals surface area contributed by atoms with Gasteiger partial charge in [-0.3, -0.25) is 0 Å². The van der Waals surface area contributed by atoms with Gasteiger partial charge < -0.3 is 15.4 Å². The fourth-order valence-corrected chi connectivity index (χ4v) is 1.27. The fourth-order valence-electron chi connectivity index (χ4n) is 1.13. The Bertz CT molecular complexity index is 142. The average molecular weight is 204 g/mol. The molecule has 78 valence electrons. The smallest absolute Gasteiger partial charge is 0.0727 e. The Morgan fingerprint density at radius 2 is 2.15 bits per heavy atom. The first kappa shape index (κ1) is 12.8. The van der Waals surface area contributed by atoms with Crippen LogP contribution in [0.5, 0.6) is 0 Å². The highest BCUT2D eigenvalue weighted by molar-refractivity contribution is 7.80. The van der Waals surface area contributed by atoms with Gasteiger partial charge in [0.05, 0.1) is 11.6 Å². The van der Waals surface area contributed by atoms with Crippen LogP contribution >= 0.6 is 12.2 Å². The molecule has 0 radical (unpaired) electrons. The minimum Gasteiger partial charge on any atom is -0.393 e. The van der Waals surface area contributed by atoms with E-state index < -0.39 is 0 Å². The number of hydrogen-bond donors (Lipinski definition) is 1. The molecule has 0 aliphatic carbocycles. The van der Waals surface area contributed by atoms with E-state index in [0.29, 0.717) is 4.99 Å². The molecule has 0 aliphatic rings. The quantitative estimate of drug-likeness (QED) is 0.599. The van der Waals surface area contributed by atoms with Gasteiger partial charge in [-0.05, 0) is 25.9 Å². The maximum absolute atomic E-state index is 5.41. The van der Waals surface area contributed by atoms with Crippen LogP contribution in [0.25, 0.3) is 0 Å². The predicted octanol–water partition coefficient (Wildman–Crippen LogP) is 1.02. The highest BCUT2D eigenvalue weighted by Gasteiger charge is 2.01. The molecule has 0 atom stereocenters. The molecule has 0 rings (SSSR count). The highest BCUT2D eigenvalue weighted by atomic mass is 32.1. The van der Waals surface area contributed by atoms with Gasteiger partial charge in [0.15, 0.2) is 0 Å². The zero-order valence-corrected chi connectivity index (χ0v) is 9.40. The highest BCUT2D eigenvalue weighted by Crippen LogP contribution is 1.95. The predicted molar refractivity (Wildman–Crippen MR) is 60.0 cm³/mol. The molecular weight excluding hydrogens is 184 g/mol. The molecule has 0 bridgehead atoms. The summed E-state index contributed by atoms with van der Waals surface area (Å²) in [5.74, 6) is 0. The van der Waals surface area contributed by atoms with Crippen LogP contribution in [-0.4, -0.2) is 43.2 Å². The molecule has 0 spiro atoms. The monoisotopic (exact) mass is 204 g/mol. The first-order valence-corrected chi connectivity index (χ1v) is 5.11. The van der Waals surface area contributed by atoms with E-state index in [1.165, 1.54) is 0 Å². The second-order valence-corrected chi connectivity index (χ2v) is 3.52. The van der Waals surface area contributed by atoms with Crippen molar-refractivity contribution >= 4 is 17.2 Å². The van der Waals surface area contributed by atoms with Crippen LogP contribution in [0.4, 0.5) is 0 Å². The average Bonchev–Trinajstić information content (AvgIpc) is 2.10. The van der Waals surface area contributed by atoms with Crippen LogP contribution in [0.1, 0.15) is 19.8 Å². The van der Waals surface area contributed by atoms with E-state index in [1.54, 1.807) is 7.11 Å². The fraction of sp³-hybridized carbons (Fsp3) is 0.889. The van der Waals surface area contributed by atoms with Crippen molar-refractivity contribution in [2.75, 3.05) is 33.4 Å². The van der Waals surface area contributed by atoms with Crippen molar-refractivity contribution in [2.24, 2.45) is 5.73 Å². The van der Waals surface area contributed by atoms with Gasteiger partial charge >= 0.3 is 0 Å². The maximum Gasteiger partial charge on any atom is 0.0727 e. The van der Waals surface area contributed by atoms with Crippen LogP contribution in [0, 0.1) is 0 Å². The molecule has 0 unspecified atom stereocenters. The van der Waals surface area contributed by atoms with Gasteiger partial charge in [0.1, 0.15) is 0 Å². The maximum atomic E-state index is 5.41. The summed E-state index contributed by atoms with van der Waals surface area (Å²) in [6.45, 7) is 6.04. The van der Waals surface area contributed by atoms with E-state index >= 15 is 0 Å². The summed E-state index contributed by atoms with van der Waals surface area (Å²) in [4.78, 5) is 2.95. The number of likely N-dealkylation sites (N-methyl/N-ethyl adjacent to an activating group) is 1. The minimum absolute atomic E-state index is 0.614. The molecule has 2 N–H and O–H groups in total.